The summed E-state index contributed by atoms with van der Waals surface area (Å²) in [6.07, 6.45) is 3.26. The minimum Gasteiger partial charge on any atom is -0.496 e. The number of rotatable bonds is 5. The summed E-state index contributed by atoms with van der Waals surface area (Å²) in [5, 5.41) is 3.21. The van der Waals surface area contributed by atoms with Crippen molar-refractivity contribution < 1.29 is 4.74 Å². The van der Waals surface area contributed by atoms with E-state index in [4.69, 9.17) is 10.5 Å². The van der Waals surface area contributed by atoms with Crippen LogP contribution in [-0.4, -0.2) is 30.2 Å². The maximum absolute atomic E-state index is 5.49. The molecule has 0 atom stereocenters. The van der Waals surface area contributed by atoms with E-state index in [2.05, 4.69) is 15.3 Å². The predicted molar refractivity (Wildman–Crippen MR) is 71.6 cm³/mol. The molecular weight excluding hydrogens is 228 g/mol. The lowest BCUT2D eigenvalue weighted by atomic mass is 10.1. The zero-order chi connectivity index (χ0) is 12.8. The summed E-state index contributed by atoms with van der Waals surface area (Å²) in [6.45, 7) is 1.23. The fraction of sp³-hybridized carbons (Fsp3) is 0.231. The number of hydrogen-bond donors (Lipinski definition) is 2. The van der Waals surface area contributed by atoms with Gasteiger partial charge in [0.25, 0.3) is 0 Å². The molecule has 1 heterocycles. The van der Waals surface area contributed by atoms with E-state index in [0.29, 0.717) is 13.1 Å². The molecule has 5 nitrogen and oxygen atoms in total. The third-order valence-corrected chi connectivity index (χ3v) is 2.53. The van der Waals surface area contributed by atoms with Crippen LogP contribution in [0.3, 0.4) is 0 Å². The van der Waals surface area contributed by atoms with Gasteiger partial charge in [0.2, 0.25) is 0 Å². The molecule has 2 rings (SSSR count). The van der Waals surface area contributed by atoms with E-state index in [1.807, 2.05) is 24.3 Å². The van der Waals surface area contributed by atoms with Gasteiger partial charge < -0.3 is 15.8 Å². The van der Waals surface area contributed by atoms with Gasteiger partial charge in [-0.25, -0.2) is 9.97 Å². The van der Waals surface area contributed by atoms with Gasteiger partial charge in [0.05, 0.1) is 19.0 Å². The van der Waals surface area contributed by atoms with Crippen LogP contribution in [0.25, 0.3) is 11.3 Å². The molecule has 0 unspecified atom stereocenters. The molecule has 0 aliphatic rings. The summed E-state index contributed by atoms with van der Waals surface area (Å²) in [6, 6.07) is 7.75. The van der Waals surface area contributed by atoms with E-state index < -0.39 is 0 Å². The molecule has 94 valence electrons. The average molecular weight is 244 g/mol. The normalized spacial score (nSPS) is 10.1. The quantitative estimate of drug-likeness (QED) is 0.834. The van der Waals surface area contributed by atoms with Gasteiger partial charge in [0.1, 0.15) is 17.8 Å². The smallest absolute Gasteiger partial charge is 0.128 e. The first-order valence-corrected chi connectivity index (χ1v) is 5.74. The number of nitrogens with two attached hydrogens (primary N) is 1. The lowest BCUT2D eigenvalue weighted by molar-refractivity contribution is 0.416. The number of nitrogens with one attached hydrogen (secondary N) is 1. The SMILES string of the molecule is COc1ccccc1-c1ncncc1NCCN. The molecule has 0 fully saturated rings. The Hall–Kier alpha value is -2.14. The van der Waals surface area contributed by atoms with Crippen molar-refractivity contribution in [1.82, 2.24) is 9.97 Å². The molecule has 0 saturated carbocycles. The molecule has 1 aromatic heterocycles. The Morgan fingerprint density at radius 1 is 1.33 bits per heavy atom. The summed E-state index contributed by atoms with van der Waals surface area (Å²) >= 11 is 0. The van der Waals surface area contributed by atoms with Crippen LogP contribution in [0, 0.1) is 0 Å². The molecule has 2 aromatic rings. The van der Waals surface area contributed by atoms with Crippen molar-refractivity contribution in [1.29, 1.82) is 0 Å². The van der Waals surface area contributed by atoms with Crippen molar-refractivity contribution >= 4 is 5.69 Å². The molecular formula is C13H16N4O. The number of ether oxygens (including phenoxy) is 1. The Morgan fingerprint density at radius 2 is 2.17 bits per heavy atom. The standard InChI is InChI=1S/C13H16N4O/c1-18-12-5-3-2-4-10(12)13-11(16-7-6-14)8-15-9-17-13/h2-5,8-9,16H,6-7,14H2,1H3. The van der Waals surface area contributed by atoms with Crippen LogP contribution in [0.1, 0.15) is 0 Å². The van der Waals surface area contributed by atoms with Gasteiger partial charge in [-0.05, 0) is 12.1 Å². The molecule has 18 heavy (non-hydrogen) atoms. The van der Waals surface area contributed by atoms with Crippen LogP contribution >= 0.6 is 0 Å². The molecule has 0 spiro atoms. The third-order valence-electron chi connectivity index (χ3n) is 2.53. The number of aromatic nitrogens is 2. The fourth-order valence-electron chi connectivity index (χ4n) is 1.72. The van der Waals surface area contributed by atoms with Crippen LogP contribution in [0.5, 0.6) is 5.75 Å². The minimum atomic E-state index is 0.556. The number of nitrogens with zero attached hydrogens (tertiary/aromatic N) is 2. The maximum atomic E-state index is 5.49. The van der Waals surface area contributed by atoms with Crippen LogP contribution in [0.15, 0.2) is 36.8 Å². The molecule has 0 saturated heterocycles. The Kier molecular flexibility index (Phi) is 4.09. The highest BCUT2D eigenvalue weighted by atomic mass is 16.5. The van der Waals surface area contributed by atoms with E-state index in [1.54, 1.807) is 13.3 Å². The van der Waals surface area contributed by atoms with E-state index in [0.717, 1.165) is 22.7 Å². The Balaban J connectivity index is 2.43. The highest BCUT2D eigenvalue weighted by Gasteiger charge is 2.10. The molecule has 1 aromatic carbocycles. The zero-order valence-corrected chi connectivity index (χ0v) is 10.3. The molecule has 5 heteroatoms. The Labute approximate surface area is 106 Å². The van der Waals surface area contributed by atoms with Gasteiger partial charge in [-0.2, -0.15) is 0 Å². The van der Waals surface area contributed by atoms with E-state index >= 15 is 0 Å². The summed E-state index contributed by atoms with van der Waals surface area (Å²) in [7, 11) is 1.65. The van der Waals surface area contributed by atoms with Crippen molar-refractivity contribution in [2.24, 2.45) is 5.73 Å². The molecule has 0 amide bonds. The van der Waals surface area contributed by atoms with Gasteiger partial charge in [0.15, 0.2) is 0 Å². The molecule has 3 N–H and O–H groups in total. The van der Waals surface area contributed by atoms with Gasteiger partial charge in [-0.15, -0.1) is 0 Å². The predicted octanol–water partition coefficient (Wildman–Crippen LogP) is 1.52. The number of benzene rings is 1. The second-order valence-electron chi connectivity index (χ2n) is 3.70. The summed E-state index contributed by atoms with van der Waals surface area (Å²) in [4.78, 5) is 8.34. The largest absolute Gasteiger partial charge is 0.496 e. The van der Waals surface area contributed by atoms with E-state index in [-0.39, 0.29) is 0 Å². The van der Waals surface area contributed by atoms with E-state index in [1.165, 1.54) is 6.33 Å². The number of hydrogen-bond acceptors (Lipinski definition) is 5. The lowest BCUT2D eigenvalue weighted by Gasteiger charge is -2.12. The average Bonchev–Trinajstić information content (AvgIpc) is 2.45. The lowest BCUT2D eigenvalue weighted by Crippen LogP contribution is -2.14. The minimum absolute atomic E-state index is 0.556. The third kappa shape index (κ3) is 2.57. The molecule has 0 aliphatic heterocycles. The van der Waals surface area contributed by atoms with E-state index in [9.17, 15) is 0 Å². The molecule has 0 radical (unpaired) electrons. The Bertz CT molecular complexity index is 516. The summed E-state index contributed by atoms with van der Waals surface area (Å²) in [5.41, 5.74) is 8.10. The van der Waals surface area contributed by atoms with Gasteiger partial charge in [-0.3, -0.25) is 0 Å². The maximum Gasteiger partial charge on any atom is 0.128 e. The topological polar surface area (TPSA) is 73.1 Å². The van der Waals surface area contributed by atoms with Crippen molar-refractivity contribution in [3.05, 3.63) is 36.8 Å². The number of methoxy groups -OCH3 is 1. The first-order chi connectivity index (χ1) is 8.86. The van der Waals surface area contributed by atoms with Crippen molar-refractivity contribution in [3.63, 3.8) is 0 Å². The van der Waals surface area contributed by atoms with Crippen LogP contribution in [0.2, 0.25) is 0 Å². The van der Waals surface area contributed by atoms with Gasteiger partial charge in [0, 0.05) is 18.7 Å². The van der Waals surface area contributed by atoms with Crippen LogP contribution in [0.4, 0.5) is 5.69 Å². The number of anilines is 1. The first-order valence-electron chi connectivity index (χ1n) is 5.74. The van der Waals surface area contributed by atoms with Crippen molar-refractivity contribution in [2.45, 2.75) is 0 Å². The second kappa shape index (κ2) is 5.97. The van der Waals surface area contributed by atoms with Crippen LogP contribution < -0.4 is 15.8 Å². The fourth-order valence-corrected chi connectivity index (χ4v) is 1.72. The first kappa shape index (κ1) is 12.3. The highest BCUT2D eigenvalue weighted by molar-refractivity contribution is 5.77. The van der Waals surface area contributed by atoms with Crippen LogP contribution in [-0.2, 0) is 0 Å². The van der Waals surface area contributed by atoms with Crippen molar-refractivity contribution in [2.75, 3.05) is 25.5 Å². The zero-order valence-electron chi connectivity index (χ0n) is 10.3. The van der Waals surface area contributed by atoms with Gasteiger partial charge in [-0.1, -0.05) is 12.1 Å². The summed E-state index contributed by atoms with van der Waals surface area (Å²) < 4.78 is 5.35. The molecule has 0 aliphatic carbocycles. The molecule has 0 bridgehead atoms. The monoisotopic (exact) mass is 244 g/mol. The Morgan fingerprint density at radius 3 is 2.94 bits per heavy atom. The summed E-state index contributed by atoms with van der Waals surface area (Å²) in [5.74, 6) is 0.784. The number of para-hydroxylation sites is 1. The van der Waals surface area contributed by atoms with Gasteiger partial charge >= 0.3 is 0 Å². The van der Waals surface area contributed by atoms with Crippen molar-refractivity contribution in [3.8, 4) is 17.0 Å². The highest BCUT2D eigenvalue weighted by Crippen LogP contribution is 2.32. The second-order valence-corrected chi connectivity index (χ2v) is 3.70.